The summed E-state index contributed by atoms with van der Waals surface area (Å²) < 4.78 is 33.9. The molecule has 2 aromatic carbocycles. The van der Waals surface area contributed by atoms with E-state index in [4.69, 9.17) is 10.5 Å². The summed E-state index contributed by atoms with van der Waals surface area (Å²) in [6, 6.07) is 17.1. The Morgan fingerprint density at radius 2 is 1.71 bits per heavy atom. The molecule has 2 heterocycles. The standard InChI is InChI=1S/C24H30N2O4S/c1-18-7-12-22(20-5-3-2-4-6-20)31(28,29)26(18)17-19-8-10-21(11-9-19)24(23(25)27)13-15-30-16-14-24/h2-6,8-11,18,22H,7,12-17H2,1H3,(H2,25,27)/t18-,22?/m0/s1. The molecule has 1 amide bonds. The van der Waals surface area contributed by atoms with Gasteiger partial charge in [0.15, 0.2) is 0 Å². The summed E-state index contributed by atoms with van der Waals surface area (Å²) in [6.45, 7) is 3.31. The van der Waals surface area contributed by atoms with Crippen LogP contribution in [0.3, 0.4) is 0 Å². The number of carbonyl (C=O) groups excluding carboxylic acids is 1. The molecular formula is C24H30N2O4S. The normalized spacial score (nSPS) is 25.7. The quantitative estimate of drug-likeness (QED) is 0.770. The van der Waals surface area contributed by atoms with E-state index in [0.29, 0.717) is 39.0 Å². The molecule has 2 N–H and O–H groups in total. The lowest BCUT2D eigenvalue weighted by Crippen LogP contribution is -2.45. The largest absolute Gasteiger partial charge is 0.381 e. The van der Waals surface area contributed by atoms with Crippen LogP contribution in [0.15, 0.2) is 54.6 Å². The van der Waals surface area contributed by atoms with Crippen molar-refractivity contribution >= 4 is 15.9 Å². The van der Waals surface area contributed by atoms with Gasteiger partial charge >= 0.3 is 0 Å². The van der Waals surface area contributed by atoms with Gasteiger partial charge in [0.1, 0.15) is 5.25 Å². The van der Waals surface area contributed by atoms with Crippen LogP contribution in [0.4, 0.5) is 0 Å². The van der Waals surface area contributed by atoms with Crippen molar-refractivity contribution < 1.29 is 17.9 Å². The van der Waals surface area contributed by atoms with Crippen LogP contribution in [-0.2, 0) is 31.5 Å². The first kappa shape index (κ1) is 22.0. The van der Waals surface area contributed by atoms with Gasteiger partial charge in [-0.2, -0.15) is 4.31 Å². The highest BCUT2D eigenvalue weighted by molar-refractivity contribution is 7.89. The molecule has 2 fully saturated rings. The lowest BCUT2D eigenvalue weighted by Gasteiger charge is -2.38. The fourth-order valence-corrected chi connectivity index (χ4v) is 7.06. The molecule has 1 unspecified atom stereocenters. The third kappa shape index (κ3) is 4.14. The summed E-state index contributed by atoms with van der Waals surface area (Å²) in [7, 11) is -3.48. The lowest BCUT2D eigenvalue weighted by atomic mass is 9.73. The van der Waals surface area contributed by atoms with Crippen molar-refractivity contribution in [3.05, 3.63) is 71.3 Å². The zero-order valence-corrected chi connectivity index (χ0v) is 18.7. The molecule has 0 saturated carbocycles. The average molecular weight is 443 g/mol. The summed E-state index contributed by atoms with van der Waals surface area (Å²) in [6.07, 6.45) is 2.59. The number of nitrogens with two attached hydrogens (primary N) is 1. The van der Waals surface area contributed by atoms with Gasteiger partial charge in [-0.3, -0.25) is 4.79 Å². The van der Waals surface area contributed by atoms with E-state index in [1.165, 1.54) is 0 Å². The Morgan fingerprint density at radius 3 is 2.32 bits per heavy atom. The number of carbonyl (C=O) groups is 1. The molecule has 0 aliphatic carbocycles. The van der Waals surface area contributed by atoms with Crippen molar-refractivity contribution in [1.29, 1.82) is 0 Å². The van der Waals surface area contributed by atoms with E-state index in [0.717, 1.165) is 23.1 Å². The summed E-state index contributed by atoms with van der Waals surface area (Å²) in [5.41, 5.74) is 7.68. The first-order valence-electron chi connectivity index (χ1n) is 10.9. The van der Waals surface area contributed by atoms with Gasteiger partial charge in [-0.15, -0.1) is 0 Å². The van der Waals surface area contributed by atoms with Crippen molar-refractivity contribution in [2.75, 3.05) is 13.2 Å². The molecule has 0 aromatic heterocycles. The molecule has 4 rings (SSSR count). The number of primary amides is 1. The number of nitrogens with zero attached hydrogens (tertiary/aromatic N) is 1. The molecular weight excluding hydrogens is 412 g/mol. The van der Waals surface area contributed by atoms with Gasteiger partial charge in [0.05, 0.1) is 5.41 Å². The van der Waals surface area contributed by atoms with Crippen LogP contribution < -0.4 is 5.73 Å². The number of hydrogen-bond donors (Lipinski definition) is 1. The average Bonchev–Trinajstić information content (AvgIpc) is 2.78. The molecule has 6 nitrogen and oxygen atoms in total. The van der Waals surface area contributed by atoms with Crippen molar-refractivity contribution in [3.63, 3.8) is 0 Å². The third-order valence-electron chi connectivity index (χ3n) is 6.86. The molecule has 31 heavy (non-hydrogen) atoms. The molecule has 2 aliphatic heterocycles. The van der Waals surface area contributed by atoms with Crippen molar-refractivity contribution in [2.24, 2.45) is 5.73 Å². The van der Waals surface area contributed by atoms with Crippen LogP contribution in [0.2, 0.25) is 0 Å². The minimum atomic E-state index is -3.48. The van der Waals surface area contributed by atoms with E-state index in [1.807, 2.05) is 61.5 Å². The van der Waals surface area contributed by atoms with Crippen LogP contribution in [0, 0.1) is 0 Å². The fourth-order valence-electron chi connectivity index (χ4n) is 4.86. The van der Waals surface area contributed by atoms with Crippen LogP contribution in [-0.4, -0.2) is 37.9 Å². The van der Waals surface area contributed by atoms with Crippen molar-refractivity contribution in [2.45, 2.75) is 55.9 Å². The summed E-state index contributed by atoms with van der Waals surface area (Å²) >= 11 is 0. The fraction of sp³-hybridized carbons (Fsp3) is 0.458. The maximum Gasteiger partial charge on any atom is 0.228 e. The van der Waals surface area contributed by atoms with Crippen LogP contribution in [0.5, 0.6) is 0 Å². The highest BCUT2D eigenvalue weighted by Crippen LogP contribution is 2.39. The van der Waals surface area contributed by atoms with Gasteiger partial charge in [-0.1, -0.05) is 54.6 Å². The summed E-state index contributed by atoms with van der Waals surface area (Å²) in [5.74, 6) is -0.332. The predicted octanol–water partition coefficient (Wildman–Crippen LogP) is 3.28. The predicted molar refractivity (Wildman–Crippen MR) is 120 cm³/mol. The van der Waals surface area contributed by atoms with Gasteiger partial charge in [0.25, 0.3) is 0 Å². The number of hydrogen-bond acceptors (Lipinski definition) is 4. The van der Waals surface area contributed by atoms with E-state index >= 15 is 0 Å². The lowest BCUT2D eigenvalue weighted by molar-refractivity contribution is -0.127. The molecule has 0 spiro atoms. The Hall–Kier alpha value is -2.22. The van der Waals surface area contributed by atoms with Gasteiger partial charge in [0.2, 0.25) is 15.9 Å². The second-order valence-electron chi connectivity index (χ2n) is 8.67. The zero-order valence-electron chi connectivity index (χ0n) is 17.9. The van der Waals surface area contributed by atoms with Crippen molar-refractivity contribution in [3.8, 4) is 0 Å². The maximum atomic E-state index is 13.4. The van der Waals surface area contributed by atoms with Gasteiger partial charge in [-0.05, 0) is 49.3 Å². The second-order valence-corrected chi connectivity index (χ2v) is 10.7. The van der Waals surface area contributed by atoms with E-state index in [9.17, 15) is 13.2 Å². The molecule has 2 atom stereocenters. The molecule has 2 aromatic rings. The van der Waals surface area contributed by atoms with Gasteiger partial charge in [-0.25, -0.2) is 8.42 Å². The van der Waals surface area contributed by atoms with Crippen LogP contribution in [0.1, 0.15) is 54.5 Å². The Kier molecular flexibility index (Phi) is 6.19. The number of benzene rings is 2. The molecule has 166 valence electrons. The Balaban J connectivity index is 1.57. The smallest absolute Gasteiger partial charge is 0.228 e. The Labute approximate surface area is 184 Å². The third-order valence-corrected chi connectivity index (χ3v) is 9.23. The minimum absolute atomic E-state index is 0.0582. The van der Waals surface area contributed by atoms with Gasteiger partial charge in [0, 0.05) is 25.8 Å². The summed E-state index contributed by atoms with van der Waals surface area (Å²) in [5, 5.41) is -0.510. The first-order valence-corrected chi connectivity index (χ1v) is 12.4. The van der Waals surface area contributed by atoms with Gasteiger partial charge < -0.3 is 10.5 Å². The molecule has 2 aliphatic rings. The molecule has 2 saturated heterocycles. The highest BCUT2D eigenvalue weighted by atomic mass is 32.2. The molecule has 0 radical (unpaired) electrons. The SMILES string of the molecule is C[C@H]1CCC(c2ccccc2)S(=O)(=O)N1Cc1ccc(C2(C(N)=O)CCOCC2)cc1. The Morgan fingerprint density at radius 1 is 1.06 bits per heavy atom. The maximum absolute atomic E-state index is 13.4. The van der Waals surface area contributed by atoms with E-state index < -0.39 is 20.7 Å². The molecule has 0 bridgehead atoms. The second kappa shape index (κ2) is 8.73. The number of ether oxygens (including phenoxy) is 1. The molecule has 7 heteroatoms. The highest BCUT2D eigenvalue weighted by Gasteiger charge is 2.41. The summed E-state index contributed by atoms with van der Waals surface area (Å²) in [4.78, 5) is 12.3. The number of sulfonamides is 1. The first-order chi connectivity index (χ1) is 14.8. The zero-order chi connectivity index (χ0) is 22.1. The number of amides is 1. The van der Waals surface area contributed by atoms with Crippen LogP contribution in [0.25, 0.3) is 0 Å². The van der Waals surface area contributed by atoms with Crippen molar-refractivity contribution in [1.82, 2.24) is 4.31 Å². The van der Waals surface area contributed by atoms with E-state index in [2.05, 4.69) is 0 Å². The van der Waals surface area contributed by atoms with E-state index in [1.54, 1.807) is 4.31 Å². The van der Waals surface area contributed by atoms with Crippen LogP contribution >= 0.6 is 0 Å². The minimum Gasteiger partial charge on any atom is -0.381 e. The monoisotopic (exact) mass is 442 g/mol. The van der Waals surface area contributed by atoms with E-state index in [-0.39, 0.29) is 11.9 Å². The topological polar surface area (TPSA) is 89.7 Å². The Bertz CT molecular complexity index is 1020. The number of rotatable bonds is 5.